The van der Waals surface area contributed by atoms with Gasteiger partial charge >= 0.3 is 0 Å². The van der Waals surface area contributed by atoms with Gasteiger partial charge in [0.05, 0.1) is 6.16 Å². The van der Waals surface area contributed by atoms with E-state index in [9.17, 15) is 0 Å². The van der Waals surface area contributed by atoms with Crippen LogP contribution in [0.15, 0.2) is 212 Å². The lowest BCUT2D eigenvalue weighted by molar-refractivity contribution is -0.00000874. The largest absolute Gasteiger partial charge is 1.00 e. The van der Waals surface area contributed by atoms with Gasteiger partial charge in [-0.25, -0.2) is 0 Å². The molecule has 0 aliphatic heterocycles. The van der Waals surface area contributed by atoms with E-state index >= 15 is 0 Å². The molecule has 234 valence electrons. The quantitative estimate of drug-likeness (QED) is 0.167. The Kier molecular flexibility index (Phi) is 14.2. The van der Waals surface area contributed by atoms with E-state index in [-0.39, 0.29) is 29.4 Å². The molecule has 0 aliphatic carbocycles. The molecule has 0 bridgehead atoms. The van der Waals surface area contributed by atoms with Crippen molar-refractivity contribution in [1.82, 2.24) is 0 Å². The lowest BCUT2D eigenvalue weighted by Crippen LogP contribution is -3.00. The molecule has 0 aliphatic rings. The van der Waals surface area contributed by atoms with E-state index in [4.69, 9.17) is 0 Å². The molecule has 47 heavy (non-hydrogen) atoms. The van der Waals surface area contributed by atoms with E-state index in [2.05, 4.69) is 212 Å². The second-order valence-corrected chi connectivity index (χ2v) is 16.5. The van der Waals surface area contributed by atoms with Crippen molar-refractivity contribution in [2.24, 2.45) is 0 Å². The van der Waals surface area contributed by atoms with Crippen LogP contribution in [0.5, 0.6) is 0 Å². The summed E-state index contributed by atoms with van der Waals surface area (Å²) >= 11 is 0. The smallest absolute Gasteiger partial charge is 0.116 e. The zero-order valence-electron chi connectivity index (χ0n) is 26.1. The predicted molar refractivity (Wildman–Crippen MR) is 208 cm³/mol. The molecule has 0 unspecified atom stereocenters. The van der Waals surface area contributed by atoms with Gasteiger partial charge in [-0.15, -0.1) is 12.4 Å². The minimum atomic E-state index is -1.78. The highest BCUT2D eigenvalue weighted by Gasteiger charge is 2.45. The number of benzene rings is 7. The van der Waals surface area contributed by atoms with Crippen molar-refractivity contribution >= 4 is 59.4 Å². The Labute approximate surface area is 298 Å². The monoisotopic (exact) mass is 730 g/mol. The topological polar surface area (TPSA) is 0 Å². The molecule has 0 saturated heterocycles. The van der Waals surface area contributed by atoms with Crippen molar-refractivity contribution < 1.29 is 17.0 Å². The van der Waals surface area contributed by atoms with Crippen molar-refractivity contribution in [2.75, 3.05) is 0 Å². The molecule has 0 fully saturated rings. The Balaban J connectivity index is 0.000000213. The van der Waals surface area contributed by atoms with Gasteiger partial charge in [-0.2, -0.15) is 0 Å². The Bertz CT molecular complexity index is 1650. The normalized spacial score (nSPS) is 10.5. The maximum absolute atomic E-state index is 2.30. The number of halogens is 2. The van der Waals surface area contributed by atoms with E-state index in [0.717, 1.165) is 6.16 Å². The third kappa shape index (κ3) is 8.96. The van der Waals surface area contributed by atoms with Gasteiger partial charge in [0.1, 0.15) is 23.2 Å². The first-order chi connectivity index (χ1) is 22.3. The molecule has 7 aromatic rings. The van der Waals surface area contributed by atoms with Gasteiger partial charge in [0, 0.05) is 0 Å². The minimum absolute atomic E-state index is 0. The SMILES string of the molecule is Cl.[Br-].c1ccc(C[P+](c2ccccc2)(c2ccccc2)c2ccccc2)cc1.c1ccc(P(c2ccccc2)c2ccccc2)cc1. The summed E-state index contributed by atoms with van der Waals surface area (Å²) in [5, 5.41) is 8.49. The van der Waals surface area contributed by atoms with Crippen molar-refractivity contribution in [3.05, 3.63) is 218 Å². The summed E-state index contributed by atoms with van der Waals surface area (Å²) in [5.41, 5.74) is 1.39. The summed E-state index contributed by atoms with van der Waals surface area (Å²) < 4.78 is 0. The first kappa shape index (κ1) is 36.0. The maximum atomic E-state index is 2.30. The van der Waals surface area contributed by atoms with Crippen LogP contribution in [0.1, 0.15) is 5.56 Å². The maximum Gasteiger partial charge on any atom is 0.116 e. The molecule has 0 aromatic heterocycles. The molecule has 0 heterocycles. The molecule has 0 atom stereocenters. The number of hydrogen-bond acceptors (Lipinski definition) is 0. The van der Waals surface area contributed by atoms with E-state index < -0.39 is 15.2 Å². The molecule has 7 aromatic carbocycles. The molecular formula is C43H38BrClP2. The fraction of sp³-hybridized carbons (Fsp3) is 0.0233. The fourth-order valence-corrected chi connectivity index (χ4v) is 12.4. The van der Waals surface area contributed by atoms with Gasteiger partial charge < -0.3 is 17.0 Å². The Morgan fingerprint density at radius 2 is 0.553 bits per heavy atom. The standard InChI is InChI=1S/C25H22P.C18H15P.BrH.ClH/c1-5-13-22(14-6-1)21-26(23-15-7-2-8-16-23,24-17-9-3-10-18-24)25-19-11-4-12-20-25;1-4-10-16(11-5-1)19(17-12-6-2-7-13-17)18-14-8-3-9-15-18;;/h1-20H,21H2;1-15H;2*1H/q+1;;;/p-1. The molecule has 7 rings (SSSR count). The summed E-state index contributed by atoms with van der Waals surface area (Å²) in [6.45, 7) is 0. The summed E-state index contributed by atoms with van der Waals surface area (Å²) in [7, 11) is -2.22. The number of rotatable bonds is 8. The van der Waals surface area contributed by atoms with E-state index in [0.29, 0.717) is 0 Å². The van der Waals surface area contributed by atoms with Crippen LogP contribution in [0.2, 0.25) is 0 Å². The highest BCUT2D eigenvalue weighted by Crippen LogP contribution is 2.58. The van der Waals surface area contributed by atoms with Crippen LogP contribution in [0.3, 0.4) is 0 Å². The molecule has 0 saturated carbocycles. The van der Waals surface area contributed by atoms with Gasteiger partial charge in [0.15, 0.2) is 0 Å². The van der Waals surface area contributed by atoms with Crippen LogP contribution >= 0.6 is 27.6 Å². The summed E-state index contributed by atoms with van der Waals surface area (Å²) in [6.07, 6.45) is 1.03. The first-order valence-corrected chi connectivity index (χ1v) is 18.7. The zero-order chi connectivity index (χ0) is 30.6. The van der Waals surface area contributed by atoms with Crippen LogP contribution in [0.25, 0.3) is 0 Å². The van der Waals surface area contributed by atoms with E-state index in [1.165, 1.54) is 37.4 Å². The van der Waals surface area contributed by atoms with E-state index in [1.807, 2.05) is 0 Å². The van der Waals surface area contributed by atoms with Crippen LogP contribution in [-0.4, -0.2) is 0 Å². The number of hydrogen-bond donors (Lipinski definition) is 0. The van der Waals surface area contributed by atoms with Gasteiger partial charge in [-0.3, -0.25) is 0 Å². The summed E-state index contributed by atoms with van der Waals surface area (Å²) in [6, 6.07) is 76.4. The Morgan fingerprint density at radius 3 is 0.830 bits per heavy atom. The lowest BCUT2D eigenvalue weighted by atomic mass is 10.2. The predicted octanol–water partition coefficient (Wildman–Crippen LogP) is 6.05. The second kappa shape index (κ2) is 18.5. The first-order valence-electron chi connectivity index (χ1n) is 15.4. The third-order valence-corrected chi connectivity index (χ3v) is 14.7. The van der Waals surface area contributed by atoms with E-state index in [1.54, 1.807) is 0 Å². The molecule has 0 amide bonds. The Hall–Kier alpha value is -3.83. The van der Waals surface area contributed by atoms with Crippen molar-refractivity contribution in [3.8, 4) is 0 Å². The second-order valence-electron chi connectivity index (χ2n) is 10.8. The van der Waals surface area contributed by atoms with Crippen LogP contribution < -0.4 is 48.8 Å². The minimum Gasteiger partial charge on any atom is -1.00 e. The molecule has 4 heteroatoms. The lowest BCUT2D eigenvalue weighted by Gasteiger charge is -2.27. The van der Waals surface area contributed by atoms with Crippen LogP contribution in [-0.2, 0) is 6.16 Å². The average Bonchev–Trinajstić information content (AvgIpc) is 3.14. The molecular weight excluding hydrogens is 694 g/mol. The van der Waals surface area contributed by atoms with Gasteiger partial charge in [-0.1, -0.05) is 176 Å². The Morgan fingerprint density at radius 1 is 0.319 bits per heavy atom. The average molecular weight is 732 g/mol. The van der Waals surface area contributed by atoms with Crippen molar-refractivity contribution in [1.29, 1.82) is 0 Å². The molecule has 0 N–H and O–H groups in total. The molecule has 0 radical (unpaired) electrons. The summed E-state index contributed by atoms with van der Waals surface area (Å²) in [4.78, 5) is 0. The zero-order valence-corrected chi connectivity index (χ0v) is 30.3. The third-order valence-electron chi connectivity index (χ3n) is 7.90. The fourth-order valence-electron chi connectivity index (χ4n) is 5.80. The highest BCUT2D eigenvalue weighted by molar-refractivity contribution is 7.95. The van der Waals surface area contributed by atoms with Crippen molar-refractivity contribution in [2.45, 2.75) is 6.16 Å². The molecule has 0 nitrogen and oxygen atoms in total. The summed E-state index contributed by atoms with van der Waals surface area (Å²) in [5.74, 6) is 0. The van der Waals surface area contributed by atoms with Crippen LogP contribution in [0, 0.1) is 0 Å². The van der Waals surface area contributed by atoms with Gasteiger partial charge in [-0.05, 0) is 65.8 Å². The van der Waals surface area contributed by atoms with Gasteiger partial charge in [0.2, 0.25) is 0 Å². The van der Waals surface area contributed by atoms with Gasteiger partial charge in [0.25, 0.3) is 0 Å². The van der Waals surface area contributed by atoms with Crippen LogP contribution in [0.4, 0.5) is 0 Å². The van der Waals surface area contributed by atoms with Crippen molar-refractivity contribution in [3.63, 3.8) is 0 Å². The molecule has 0 spiro atoms. The highest BCUT2D eigenvalue weighted by atomic mass is 79.9.